The monoisotopic (exact) mass is 456 g/mol. The minimum atomic E-state index is -3.89. The minimum absolute atomic E-state index is 0.0822. The molecule has 1 N–H and O–H groups in total. The molecule has 0 aliphatic rings. The lowest BCUT2D eigenvalue weighted by Crippen LogP contribution is -2.18. The van der Waals surface area contributed by atoms with Gasteiger partial charge >= 0.3 is 0 Å². The smallest absolute Gasteiger partial charge is 0.276 e. The van der Waals surface area contributed by atoms with Crippen molar-refractivity contribution in [2.75, 3.05) is 6.61 Å². The standard InChI is InChI=1S/C24H25FN2O4S/c1-4-30-24-14-19(15-26-27-32(28,29)22-10-8-21(25)9-11-22)7-12-23(24)31-16-20-13-17(2)5-6-18(20)3/h5-15,27H,4,16H2,1-3H3/b26-15+. The second-order valence-electron chi connectivity index (χ2n) is 7.16. The van der Waals surface area contributed by atoms with Crippen molar-refractivity contribution >= 4 is 16.2 Å². The topological polar surface area (TPSA) is 77.0 Å². The molecule has 0 saturated heterocycles. The Bertz CT molecular complexity index is 1210. The van der Waals surface area contributed by atoms with Crippen LogP contribution in [0.2, 0.25) is 0 Å². The van der Waals surface area contributed by atoms with Gasteiger partial charge < -0.3 is 9.47 Å². The molecule has 6 nitrogen and oxygen atoms in total. The molecule has 0 fully saturated rings. The van der Waals surface area contributed by atoms with E-state index in [0.717, 1.165) is 28.8 Å². The number of hydrazone groups is 1. The fourth-order valence-electron chi connectivity index (χ4n) is 2.94. The highest BCUT2D eigenvalue weighted by Crippen LogP contribution is 2.29. The highest BCUT2D eigenvalue weighted by Gasteiger charge is 2.12. The molecule has 0 radical (unpaired) electrons. The summed E-state index contributed by atoms with van der Waals surface area (Å²) in [6.07, 6.45) is 1.36. The number of hydrogen-bond donors (Lipinski definition) is 1. The van der Waals surface area contributed by atoms with Gasteiger partial charge in [0.15, 0.2) is 11.5 Å². The average molecular weight is 457 g/mol. The number of benzene rings is 3. The van der Waals surface area contributed by atoms with Gasteiger partial charge in [0.2, 0.25) is 0 Å². The number of rotatable bonds is 9. The lowest BCUT2D eigenvalue weighted by atomic mass is 10.1. The number of halogens is 1. The molecule has 8 heteroatoms. The molecule has 0 saturated carbocycles. The van der Waals surface area contributed by atoms with Crippen molar-refractivity contribution < 1.29 is 22.3 Å². The average Bonchev–Trinajstić information content (AvgIpc) is 2.76. The Balaban J connectivity index is 1.72. The van der Waals surface area contributed by atoms with E-state index >= 15 is 0 Å². The molecule has 3 aromatic rings. The van der Waals surface area contributed by atoms with Gasteiger partial charge in [-0.1, -0.05) is 23.8 Å². The molecule has 0 bridgehead atoms. The van der Waals surface area contributed by atoms with Gasteiger partial charge in [0, 0.05) is 0 Å². The fourth-order valence-corrected chi connectivity index (χ4v) is 3.73. The van der Waals surface area contributed by atoms with Crippen LogP contribution in [0.1, 0.15) is 29.2 Å². The molecule has 168 valence electrons. The first-order valence-corrected chi connectivity index (χ1v) is 11.5. The van der Waals surface area contributed by atoms with Gasteiger partial charge in [-0.15, -0.1) is 0 Å². The second-order valence-corrected chi connectivity index (χ2v) is 8.83. The van der Waals surface area contributed by atoms with Crippen LogP contribution in [0.4, 0.5) is 4.39 Å². The van der Waals surface area contributed by atoms with Gasteiger partial charge in [-0.25, -0.2) is 9.22 Å². The predicted molar refractivity (Wildman–Crippen MR) is 122 cm³/mol. The highest BCUT2D eigenvalue weighted by atomic mass is 32.2. The van der Waals surface area contributed by atoms with Gasteiger partial charge in [-0.2, -0.15) is 13.5 Å². The number of nitrogens with one attached hydrogen (secondary N) is 1. The van der Waals surface area contributed by atoms with E-state index in [0.29, 0.717) is 30.3 Å². The summed E-state index contributed by atoms with van der Waals surface area (Å²) < 4.78 is 49.1. The van der Waals surface area contributed by atoms with Crippen molar-refractivity contribution in [2.24, 2.45) is 5.10 Å². The number of ether oxygens (including phenoxy) is 2. The van der Waals surface area contributed by atoms with Crippen molar-refractivity contribution in [2.45, 2.75) is 32.3 Å². The molecule has 3 rings (SSSR count). The van der Waals surface area contributed by atoms with Gasteiger partial charge in [0.1, 0.15) is 12.4 Å². The third-order valence-corrected chi connectivity index (χ3v) is 5.90. The number of aryl methyl sites for hydroxylation is 2. The third-order valence-electron chi connectivity index (χ3n) is 4.67. The maximum Gasteiger partial charge on any atom is 0.276 e. The van der Waals surface area contributed by atoms with Crippen LogP contribution in [0.5, 0.6) is 11.5 Å². The quantitative estimate of drug-likeness (QED) is 0.373. The summed E-state index contributed by atoms with van der Waals surface area (Å²) in [7, 11) is -3.89. The SMILES string of the molecule is CCOc1cc(/C=N/NS(=O)(=O)c2ccc(F)cc2)ccc1OCc1cc(C)ccc1C. The maximum absolute atomic E-state index is 13.0. The van der Waals surface area contributed by atoms with E-state index in [2.05, 4.69) is 28.1 Å². The fraction of sp³-hybridized carbons (Fsp3) is 0.208. The zero-order valence-corrected chi connectivity index (χ0v) is 18.9. The summed E-state index contributed by atoms with van der Waals surface area (Å²) in [6.45, 7) is 6.78. The van der Waals surface area contributed by atoms with Crippen molar-refractivity contribution in [3.8, 4) is 11.5 Å². The normalized spacial score (nSPS) is 11.5. The molecule has 0 aliphatic heterocycles. The lowest BCUT2D eigenvalue weighted by Gasteiger charge is -2.14. The van der Waals surface area contributed by atoms with E-state index < -0.39 is 15.8 Å². The van der Waals surface area contributed by atoms with Gasteiger partial charge in [0.25, 0.3) is 10.0 Å². The summed E-state index contributed by atoms with van der Waals surface area (Å²) >= 11 is 0. The first-order chi connectivity index (χ1) is 15.3. The van der Waals surface area contributed by atoms with E-state index in [1.807, 2.05) is 20.8 Å². The van der Waals surface area contributed by atoms with Crippen molar-refractivity contribution in [1.29, 1.82) is 0 Å². The largest absolute Gasteiger partial charge is 0.490 e. The van der Waals surface area contributed by atoms with Crippen LogP contribution in [0.25, 0.3) is 0 Å². The molecule has 0 unspecified atom stereocenters. The molecule has 3 aromatic carbocycles. The highest BCUT2D eigenvalue weighted by molar-refractivity contribution is 7.89. The molecule has 0 spiro atoms. The van der Waals surface area contributed by atoms with Crippen LogP contribution in [-0.4, -0.2) is 21.2 Å². The van der Waals surface area contributed by atoms with Gasteiger partial charge in [-0.3, -0.25) is 0 Å². The Morgan fingerprint density at radius 1 is 0.969 bits per heavy atom. The Kier molecular flexibility index (Phi) is 7.48. The van der Waals surface area contributed by atoms with E-state index in [9.17, 15) is 12.8 Å². The Morgan fingerprint density at radius 2 is 1.72 bits per heavy atom. The number of nitrogens with zero attached hydrogens (tertiary/aromatic N) is 1. The van der Waals surface area contributed by atoms with Gasteiger partial charge in [-0.05, 0) is 79.9 Å². The van der Waals surface area contributed by atoms with Crippen molar-refractivity contribution in [3.63, 3.8) is 0 Å². The lowest BCUT2D eigenvalue weighted by molar-refractivity contribution is 0.269. The number of sulfonamides is 1. The van der Waals surface area contributed by atoms with E-state index in [1.165, 1.54) is 18.3 Å². The molecule has 0 atom stereocenters. The second kappa shape index (κ2) is 10.3. The molecule has 0 amide bonds. The molecule has 32 heavy (non-hydrogen) atoms. The summed E-state index contributed by atoms with van der Waals surface area (Å²) in [5.41, 5.74) is 4.02. The van der Waals surface area contributed by atoms with Crippen LogP contribution < -0.4 is 14.3 Å². The molecule has 0 aromatic heterocycles. The predicted octanol–water partition coefficient (Wildman–Crippen LogP) is 4.73. The molecular weight excluding hydrogens is 431 g/mol. The summed E-state index contributed by atoms with van der Waals surface area (Å²) in [5.74, 6) is 0.593. The van der Waals surface area contributed by atoms with Crippen LogP contribution in [0, 0.1) is 19.7 Å². The van der Waals surface area contributed by atoms with Crippen molar-refractivity contribution in [1.82, 2.24) is 4.83 Å². The Morgan fingerprint density at radius 3 is 2.44 bits per heavy atom. The van der Waals surface area contributed by atoms with E-state index in [4.69, 9.17) is 9.47 Å². The van der Waals surface area contributed by atoms with Crippen LogP contribution in [0.15, 0.2) is 70.7 Å². The molecule has 0 aliphatic carbocycles. The minimum Gasteiger partial charge on any atom is -0.490 e. The summed E-state index contributed by atoms with van der Waals surface area (Å²) in [4.78, 5) is 2.03. The third kappa shape index (κ3) is 6.07. The van der Waals surface area contributed by atoms with E-state index in [1.54, 1.807) is 18.2 Å². The van der Waals surface area contributed by atoms with Crippen LogP contribution in [0.3, 0.4) is 0 Å². The maximum atomic E-state index is 13.0. The first kappa shape index (κ1) is 23.3. The molecule has 0 heterocycles. The summed E-state index contributed by atoms with van der Waals surface area (Å²) in [5, 5.41) is 3.80. The van der Waals surface area contributed by atoms with Crippen LogP contribution in [-0.2, 0) is 16.6 Å². The molecular formula is C24H25FN2O4S. The zero-order chi connectivity index (χ0) is 23.1. The Labute approximate surface area is 187 Å². The van der Waals surface area contributed by atoms with E-state index in [-0.39, 0.29) is 4.90 Å². The van der Waals surface area contributed by atoms with Crippen molar-refractivity contribution in [3.05, 3.63) is 88.7 Å². The summed E-state index contributed by atoms with van der Waals surface area (Å²) in [6, 6.07) is 15.9. The Hall–Kier alpha value is -3.39. The van der Waals surface area contributed by atoms with Crippen LogP contribution >= 0.6 is 0 Å². The number of hydrogen-bond acceptors (Lipinski definition) is 5. The van der Waals surface area contributed by atoms with Gasteiger partial charge in [0.05, 0.1) is 17.7 Å². The first-order valence-electron chi connectivity index (χ1n) is 10.0. The zero-order valence-electron chi connectivity index (χ0n) is 18.1.